The van der Waals surface area contributed by atoms with Gasteiger partial charge in [0.15, 0.2) is 11.5 Å². The molecule has 2 amide bonds. The summed E-state index contributed by atoms with van der Waals surface area (Å²) < 4.78 is 1.90. The monoisotopic (exact) mass is 491 g/mol. The molecule has 0 saturated heterocycles. The van der Waals surface area contributed by atoms with Gasteiger partial charge in [0.25, 0.3) is 11.8 Å². The lowest BCUT2D eigenvalue weighted by molar-refractivity contribution is 0.0852. The lowest BCUT2D eigenvalue weighted by Crippen LogP contribution is -2.37. The molecule has 0 aliphatic rings. The number of carbonyl (C=O) groups excluding carboxylic acids is 2. The van der Waals surface area contributed by atoms with Gasteiger partial charge in [-0.2, -0.15) is 5.10 Å². The normalized spacial score (nSPS) is 10.9. The van der Waals surface area contributed by atoms with Crippen LogP contribution in [0.25, 0.3) is 5.82 Å². The van der Waals surface area contributed by atoms with E-state index in [1.807, 2.05) is 13.0 Å². The molecule has 3 rings (SSSR count). The summed E-state index contributed by atoms with van der Waals surface area (Å²) in [6.07, 6.45) is 1.62. The van der Waals surface area contributed by atoms with Gasteiger partial charge in [-0.3, -0.25) is 15.0 Å². The highest BCUT2D eigenvalue weighted by Gasteiger charge is 2.23. The van der Waals surface area contributed by atoms with Crippen molar-refractivity contribution < 1.29 is 9.59 Å². The van der Waals surface area contributed by atoms with Gasteiger partial charge in [-0.05, 0) is 53.0 Å². The minimum absolute atomic E-state index is 0.00111. The second kappa shape index (κ2) is 8.90. The first kappa shape index (κ1) is 21.9. The van der Waals surface area contributed by atoms with Gasteiger partial charge in [-0.1, -0.05) is 17.7 Å². The summed E-state index contributed by atoms with van der Waals surface area (Å²) in [7, 11) is 3.33. The van der Waals surface area contributed by atoms with Crippen LogP contribution in [0.1, 0.15) is 32.1 Å². The second-order valence-corrected chi connectivity index (χ2v) is 7.88. The van der Waals surface area contributed by atoms with Crippen LogP contribution in [0, 0.1) is 13.8 Å². The van der Waals surface area contributed by atoms with Crippen LogP contribution in [-0.2, 0) is 0 Å². The molecule has 0 atom stereocenters. The lowest BCUT2D eigenvalue weighted by Gasteiger charge is -2.16. The Hall–Kier alpha value is -2.82. The Morgan fingerprint density at radius 1 is 1.17 bits per heavy atom. The van der Waals surface area contributed by atoms with Gasteiger partial charge in [-0.25, -0.2) is 19.7 Å². The first-order chi connectivity index (χ1) is 14.2. The molecular formula is C19H19BrClN7O2. The van der Waals surface area contributed by atoms with Crippen molar-refractivity contribution in [1.29, 1.82) is 0 Å². The van der Waals surface area contributed by atoms with Crippen molar-refractivity contribution in [3.63, 3.8) is 0 Å². The predicted octanol–water partition coefficient (Wildman–Crippen LogP) is 3.15. The fourth-order valence-corrected chi connectivity index (χ4v) is 3.39. The van der Waals surface area contributed by atoms with E-state index in [0.717, 1.165) is 5.56 Å². The number of rotatable bonds is 5. The minimum Gasteiger partial charge on any atom is -0.318 e. The summed E-state index contributed by atoms with van der Waals surface area (Å²) in [5.41, 5.74) is 4.53. The molecule has 0 saturated carbocycles. The molecule has 0 bridgehead atoms. The smallest absolute Gasteiger partial charge is 0.286 e. The third kappa shape index (κ3) is 4.66. The van der Waals surface area contributed by atoms with Crippen molar-refractivity contribution in [3.05, 3.63) is 62.7 Å². The lowest BCUT2D eigenvalue weighted by atomic mass is 10.1. The molecule has 2 N–H and O–H groups in total. The van der Waals surface area contributed by atoms with Crippen molar-refractivity contribution in [1.82, 2.24) is 30.2 Å². The maximum absolute atomic E-state index is 13.1. The number of nitrogens with zero attached hydrogens (tertiary/aromatic N) is 5. The SMILES string of the molecule is Cc1cccnc1-n1nc(Br)cc1C(=O)Nc1c(C)cc(Cl)nc1C(=O)NN(C)C. The fourth-order valence-electron chi connectivity index (χ4n) is 2.76. The zero-order valence-electron chi connectivity index (χ0n) is 16.7. The summed E-state index contributed by atoms with van der Waals surface area (Å²) in [4.78, 5) is 34.1. The molecule has 3 aromatic rings. The largest absolute Gasteiger partial charge is 0.318 e. The molecular weight excluding hydrogens is 474 g/mol. The number of aromatic nitrogens is 4. The van der Waals surface area contributed by atoms with Crippen LogP contribution in [0.15, 0.2) is 35.1 Å². The van der Waals surface area contributed by atoms with E-state index in [4.69, 9.17) is 11.6 Å². The Morgan fingerprint density at radius 2 is 1.90 bits per heavy atom. The molecule has 3 heterocycles. The first-order valence-corrected chi connectivity index (χ1v) is 9.99. The van der Waals surface area contributed by atoms with Gasteiger partial charge in [0.2, 0.25) is 0 Å². The van der Waals surface area contributed by atoms with Crippen molar-refractivity contribution >= 4 is 45.0 Å². The number of hydrogen-bond acceptors (Lipinski definition) is 6. The van der Waals surface area contributed by atoms with Crippen LogP contribution in [0.3, 0.4) is 0 Å². The summed E-state index contributed by atoms with van der Waals surface area (Å²) in [5.74, 6) is -0.467. The second-order valence-electron chi connectivity index (χ2n) is 6.68. The average Bonchev–Trinajstić information content (AvgIpc) is 3.05. The number of amides is 2. The maximum Gasteiger partial charge on any atom is 0.286 e. The number of hydrogen-bond donors (Lipinski definition) is 2. The molecule has 0 aliphatic heterocycles. The zero-order valence-corrected chi connectivity index (χ0v) is 19.0. The van der Waals surface area contributed by atoms with E-state index in [1.165, 1.54) is 9.69 Å². The molecule has 0 unspecified atom stereocenters. The molecule has 0 spiro atoms. The summed E-state index contributed by atoms with van der Waals surface area (Å²) in [6, 6.07) is 6.81. The van der Waals surface area contributed by atoms with Crippen LogP contribution in [0.5, 0.6) is 0 Å². The number of pyridine rings is 2. The van der Waals surface area contributed by atoms with Gasteiger partial charge in [0, 0.05) is 26.4 Å². The molecule has 0 fully saturated rings. The number of halogens is 2. The molecule has 0 aliphatic carbocycles. The number of carbonyl (C=O) groups is 2. The van der Waals surface area contributed by atoms with Gasteiger partial charge in [0.05, 0.1) is 5.69 Å². The summed E-state index contributed by atoms with van der Waals surface area (Å²) >= 11 is 9.34. The Morgan fingerprint density at radius 3 is 2.57 bits per heavy atom. The van der Waals surface area contributed by atoms with E-state index in [9.17, 15) is 9.59 Å². The van der Waals surface area contributed by atoms with Crippen LogP contribution < -0.4 is 10.7 Å². The zero-order chi connectivity index (χ0) is 22.0. The highest BCUT2D eigenvalue weighted by atomic mass is 79.9. The maximum atomic E-state index is 13.1. The van der Waals surface area contributed by atoms with E-state index in [-0.39, 0.29) is 22.2 Å². The van der Waals surface area contributed by atoms with Crippen molar-refractivity contribution in [2.24, 2.45) is 0 Å². The number of aryl methyl sites for hydroxylation is 2. The standard InChI is InChI=1S/C19H19BrClN7O2/c1-10-6-5-7-22-17(10)28-12(9-13(20)25-28)18(29)24-15-11(2)8-14(21)23-16(15)19(30)26-27(3)4/h5-9H,1-4H3,(H,24,29)(H,26,30). The van der Waals surface area contributed by atoms with Crippen LogP contribution in [-0.4, -0.2) is 50.7 Å². The van der Waals surface area contributed by atoms with E-state index in [0.29, 0.717) is 16.0 Å². The van der Waals surface area contributed by atoms with Crippen molar-refractivity contribution in [3.8, 4) is 5.82 Å². The van der Waals surface area contributed by atoms with E-state index in [2.05, 4.69) is 41.7 Å². The minimum atomic E-state index is -0.504. The topological polar surface area (TPSA) is 105 Å². The highest BCUT2D eigenvalue weighted by molar-refractivity contribution is 9.10. The predicted molar refractivity (Wildman–Crippen MR) is 117 cm³/mol. The molecule has 0 aromatic carbocycles. The molecule has 9 nitrogen and oxygen atoms in total. The van der Waals surface area contributed by atoms with E-state index < -0.39 is 11.8 Å². The molecule has 3 aromatic heterocycles. The Kier molecular flexibility index (Phi) is 6.49. The van der Waals surface area contributed by atoms with Crippen molar-refractivity contribution in [2.45, 2.75) is 13.8 Å². The number of nitrogens with one attached hydrogen (secondary N) is 2. The van der Waals surface area contributed by atoms with Gasteiger partial charge in [0.1, 0.15) is 15.5 Å². The highest BCUT2D eigenvalue weighted by Crippen LogP contribution is 2.25. The Balaban J connectivity index is 2.02. The van der Waals surface area contributed by atoms with Crippen molar-refractivity contribution in [2.75, 3.05) is 19.4 Å². The molecule has 0 radical (unpaired) electrons. The fraction of sp³-hybridized carbons (Fsp3) is 0.211. The van der Waals surface area contributed by atoms with Gasteiger partial charge < -0.3 is 5.32 Å². The Labute approximate surface area is 186 Å². The van der Waals surface area contributed by atoms with Gasteiger partial charge in [-0.15, -0.1) is 0 Å². The third-order valence-electron chi connectivity index (χ3n) is 4.06. The Bertz CT molecular complexity index is 1130. The quantitative estimate of drug-likeness (QED) is 0.419. The summed E-state index contributed by atoms with van der Waals surface area (Å²) in [5, 5.41) is 8.71. The molecule has 11 heteroatoms. The average molecular weight is 493 g/mol. The van der Waals surface area contributed by atoms with Crippen LogP contribution >= 0.6 is 27.5 Å². The van der Waals surface area contributed by atoms with Crippen LogP contribution in [0.2, 0.25) is 5.15 Å². The van der Waals surface area contributed by atoms with Crippen LogP contribution in [0.4, 0.5) is 5.69 Å². The van der Waals surface area contributed by atoms with E-state index >= 15 is 0 Å². The number of anilines is 1. The van der Waals surface area contributed by atoms with E-state index in [1.54, 1.807) is 45.4 Å². The first-order valence-electron chi connectivity index (χ1n) is 8.81. The molecule has 30 heavy (non-hydrogen) atoms. The number of hydrazine groups is 1. The third-order valence-corrected chi connectivity index (χ3v) is 4.64. The van der Waals surface area contributed by atoms with Gasteiger partial charge >= 0.3 is 0 Å². The molecule has 156 valence electrons. The summed E-state index contributed by atoms with van der Waals surface area (Å²) in [6.45, 7) is 3.60.